The van der Waals surface area contributed by atoms with E-state index < -0.39 is 12.1 Å². The topological polar surface area (TPSA) is 9.86 Å². The second-order valence-electron chi connectivity index (χ2n) is 14.4. The molecule has 0 N–H and O–H groups in total. The fraction of sp³-hybridized carbons (Fsp3) is 0. The summed E-state index contributed by atoms with van der Waals surface area (Å²) in [6, 6.07) is 53.5. The van der Waals surface area contributed by atoms with Gasteiger partial charge in [0, 0.05) is 58.7 Å². The van der Waals surface area contributed by atoms with Crippen LogP contribution in [-0.4, -0.2) is 9.13 Å². The van der Waals surface area contributed by atoms with E-state index in [-0.39, 0.29) is 57.6 Å². The van der Waals surface area contributed by atoms with Crippen LogP contribution in [0.15, 0.2) is 206 Å². The van der Waals surface area contributed by atoms with Gasteiger partial charge in [0.15, 0.2) is 0 Å². The van der Waals surface area contributed by atoms with E-state index in [9.17, 15) is 6.85 Å². The maximum atomic E-state index is 9.95. The first kappa shape index (κ1) is 25.8. The van der Waals surface area contributed by atoms with Crippen LogP contribution in [0.2, 0.25) is 0 Å². The van der Waals surface area contributed by atoms with Crippen LogP contribution in [0, 0.1) is 0 Å². The van der Waals surface area contributed by atoms with Gasteiger partial charge in [0.05, 0.1) is 31.7 Å². The van der Waals surface area contributed by atoms with Gasteiger partial charge in [-0.05, 0) is 94.5 Å². The summed E-state index contributed by atoms with van der Waals surface area (Å²) in [7, 11) is 0. The van der Waals surface area contributed by atoms with E-state index in [0.717, 1.165) is 69.9 Å². The van der Waals surface area contributed by atoms with E-state index in [2.05, 4.69) is 83.4 Å². The highest BCUT2D eigenvalue weighted by atomic mass is 32.1. The molecule has 266 valence electrons. The largest absolute Gasteiger partial charge is 0.309 e. The molecule has 12 aromatic rings. The minimum Gasteiger partial charge on any atom is -0.309 e. The van der Waals surface area contributed by atoms with Gasteiger partial charge >= 0.3 is 0 Å². The fourth-order valence-corrected chi connectivity index (χ4v) is 9.63. The summed E-state index contributed by atoms with van der Waals surface area (Å²) >= 11 is 1.66. The molecular weight excluding hydrogens is 709 g/mol. The highest BCUT2D eigenvalue weighted by molar-refractivity contribution is 7.25. The van der Waals surface area contributed by atoms with Crippen LogP contribution in [0.4, 0.5) is 0 Å². The molecule has 9 aromatic carbocycles. The van der Waals surface area contributed by atoms with Crippen molar-refractivity contribution < 1.29 is 9.60 Å². The molecule has 0 amide bonds. The normalized spacial score (nSPS) is 13.6. The number of aromatic nitrogens is 2. The summed E-state index contributed by atoms with van der Waals surface area (Å²) < 4.78 is 71.3. The molecule has 0 fully saturated rings. The predicted molar refractivity (Wildman–Crippen MR) is 244 cm³/mol. The summed E-state index contributed by atoms with van der Waals surface area (Å²) in [6.07, 6.45) is 0. The number of hydrogen-bond donors (Lipinski definition) is 0. The number of fused-ring (bicyclic) bond motifs is 9. The van der Waals surface area contributed by atoms with E-state index >= 15 is 0 Å². The Balaban J connectivity index is 1.13. The van der Waals surface area contributed by atoms with Gasteiger partial charge in [0.1, 0.15) is 0 Å². The Kier molecular flexibility index (Phi) is 5.74. The molecule has 0 aliphatic rings. The molecule has 0 saturated carbocycles. The van der Waals surface area contributed by atoms with Crippen molar-refractivity contribution in [2.75, 3.05) is 0 Å². The SMILES string of the molecule is [2H]c1c([2H])c([2H])c2c(c1[2H])c1c([2H])c(-c3ccc4c(c3)c3cccc(-c5ccccc5)c3n4-c3ccc(-c4ccccc4)cc3)c([2H])c([2H])c1n2-c1ccc2sc3ccccc3c2c1. The first-order chi connectivity index (χ1) is 31.2. The first-order valence-electron chi connectivity index (χ1n) is 22.4. The maximum Gasteiger partial charge on any atom is 0.0645 e. The van der Waals surface area contributed by atoms with Gasteiger partial charge in [-0.1, -0.05) is 139 Å². The Hall–Kier alpha value is -7.20. The lowest BCUT2D eigenvalue weighted by Crippen LogP contribution is -1.95. The Morgan fingerprint density at radius 3 is 1.91 bits per heavy atom. The Morgan fingerprint density at radius 2 is 1.05 bits per heavy atom. The summed E-state index contributed by atoms with van der Waals surface area (Å²) in [4.78, 5) is 0. The van der Waals surface area contributed by atoms with Crippen molar-refractivity contribution in [3.05, 3.63) is 206 Å². The summed E-state index contributed by atoms with van der Waals surface area (Å²) in [5.41, 5.74) is 9.01. The van der Waals surface area contributed by atoms with Crippen LogP contribution in [0.3, 0.4) is 0 Å². The third kappa shape index (κ3) is 5.03. The van der Waals surface area contributed by atoms with Crippen molar-refractivity contribution in [2.24, 2.45) is 0 Å². The third-order valence-electron chi connectivity index (χ3n) is 11.2. The quantitative estimate of drug-likeness (QED) is 0.166. The zero-order chi connectivity index (χ0) is 43.5. The molecule has 0 unspecified atom stereocenters. The smallest absolute Gasteiger partial charge is 0.0645 e. The molecule has 0 radical (unpaired) electrons. The summed E-state index contributed by atoms with van der Waals surface area (Å²) in [5.74, 6) is 0. The second kappa shape index (κ2) is 12.7. The van der Waals surface area contributed by atoms with Crippen LogP contribution in [0.5, 0.6) is 0 Å². The number of rotatable bonds is 5. The maximum absolute atomic E-state index is 9.95. The average Bonchev–Trinajstić information content (AvgIpc) is 4.01. The number of nitrogens with zero attached hydrogens (tertiary/aromatic N) is 2. The molecule has 3 heteroatoms. The standard InChI is InChI=1S/C54H34N2S/c1-3-12-35(13-4-1)36-22-26-40(27-23-36)56-51-30-25-39(33-47(51)45-19-11-18-42(54(45)56)37-14-5-2-6-15-37)38-24-29-50-46(32-38)43-16-7-9-20-49(43)55(50)41-28-31-53-48(34-41)44-17-8-10-21-52(44)57-53/h1-34H/i7D,9D,16D,20D,24D,29D,32D. The molecule has 0 aliphatic heterocycles. The van der Waals surface area contributed by atoms with E-state index in [0.29, 0.717) is 11.3 Å². The zero-order valence-electron chi connectivity index (χ0n) is 37.4. The first-order valence-corrected chi connectivity index (χ1v) is 19.8. The number of benzene rings is 9. The molecular formula is C54H34N2S. The van der Waals surface area contributed by atoms with Gasteiger partial charge < -0.3 is 9.13 Å². The van der Waals surface area contributed by atoms with Crippen molar-refractivity contribution >= 4 is 75.1 Å². The van der Waals surface area contributed by atoms with Crippen LogP contribution in [-0.2, 0) is 0 Å². The van der Waals surface area contributed by atoms with Gasteiger partial charge in [-0.25, -0.2) is 0 Å². The van der Waals surface area contributed by atoms with Gasteiger partial charge in [0.2, 0.25) is 0 Å². The molecule has 2 nitrogen and oxygen atoms in total. The van der Waals surface area contributed by atoms with Crippen molar-refractivity contribution in [3.63, 3.8) is 0 Å². The monoisotopic (exact) mass is 749 g/mol. The molecule has 0 bridgehead atoms. The molecule has 0 aliphatic carbocycles. The fourth-order valence-electron chi connectivity index (χ4n) is 8.55. The van der Waals surface area contributed by atoms with Gasteiger partial charge in [-0.3, -0.25) is 0 Å². The lowest BCUT2D eigenvalue weighted by atomic mass is 9.99. The molecule has 12 rings (SSSR count). The second-order valence-corrected chi connectivity index (χ2v) is 15.4. The molecule has 0 saturated heterocycles. The van der Waals surface area contributed by atoms with Gasteiger partial charge in [0.25, 0.3) is 0 Å². The lowest BCUT2D eigenvalue weighted by molar-refractivity contribution is 1.18. The van der Waals surface area contributed by atoms with Crippen LogP contribution in [0.1, 0.15) is 9.60 Å². The zero-order valence-corrected chi connectivity index (χ0v) is 31.2. The minimum absolute atomic E-state index is 0.0728. The van der Waals surface area contributed by atoms with Crippen LogP contribution in [0.25, 0.3) is 109 Å². The van der Waals surface area contributed by atoms with Crippen molar-refractivity contribution in [2.45, 2.75) is 0 Å². The molecule has 0 atom stereocenters. The van der Waals surface area contributed by atoms with Crippen molar-refractivity contribution in [3.8, 4) is 44.8 Å². The van der Waals surface area contributed by atoms with Crippen molar-refractivity contribution in [1.29, 1.82) is 0 Å². The van der Waals surface area contributed by atoms with Crippen LogP contribution >= 0.6 is 11.3 Å². The molecule has 3 aromatic heterocycles. The molecule has 3 heterocycles. The third-order valence-corrected chi connectivity index (χ3v) is 12.3. The summed E-state index contributed by atoms with van der Waals surface area (Å²) in [5, 5.41) is 4.28. The Morgan fingerprint density at radius 1 is 0.368 bits per heavy atom. The minimum atomic E-state index is -0.418. The van der Waals surface area contributed by atoms with Gasteiger partial charge in [-0.15, -0.1) is 11.3 Å². The highest BCUT2D eigenvalue weighted by Gasteiger charge is 2.19. The van der Waals surface area contributed by atoms with E-state index in [1.165, 1.54) is 0 Å². The Labute approximate surface area is 343 Å². The molecule has 57 heavy (non-hydrogen) atoms. The number of para-hydroxylation sites is 2. The lowest BCUT2D eigenvalue weighted by Gasteiger charge is -2.13. The Bertz CT molecular complexity index is 3910. The number of hydrogen-bond acceptors (Lipinski definition) is 1. The molecule has 0 spiro atoms. The predicted octanol–water partition coefficient (Wildman–Crippen LogP) is 15.2. The highest BCUT2D eigenvalue weighted by Crippen LogP contribution is 2.42. The summed E-state index contributed by atoms with van der Waals surface area (Å²) in [6.45, 7) is 0. The average molecular weight is 750 g/mol. The van der Waals surface area contributed by atoms with Gasteiger partial charge in [-0.2, -0.15) is 0 Å². The van der Waals surface area contributed by atoms with Crippen molar-refractivity contribution in [1.82, 2.24) is 9.13 Å². The van der Waals surface area contributed by atoms with E-state index in [4.69, 9.17) is 2.74 Å². The van der Waals surface area contributed by atoms with Crippen LogP contribution < -0.4 is 0 Å². The van der Waals surface area contributed by atoms with E-state index in [1.807, 2.05) is 84.9 Å². The van der Waals surface area contributed by atoms with E-state index in [1.54, 1.807) is 15.9 Å². The number of thiophene rings is 1.